The van der Waals surface area contributed by atoms with Crippen LogP contribution in [0.5, 0.6) is 0 Å². The van der Waals surface area contributed by atoms with Crippen LogP contribution in [0.25, 0.3) is 0 Å². The minimum atomic E-state index is -1.63. The summed E-state index contributed by atoms with van der Waals surface area (Å²) >= 11 is 0. The van der Waals surface area contributed by atoms with Crippen LogP contribution in [0.1, 0.15) is 38.7 Å². The predicted octanol–water partition coefficient (Wildman–Crippen LogP) is -0.909. The summed E-state index contributed by atoms with van der Waals surface area (Å²) in [5, 5.41) is 34.2. The van der Waals surface area contributed by atoms with Crippen molar-refractivity contribution in [3.05, 3.63) is 35.9 Å². The first-order valence-electron chi connectivity index (χ1n) is 11.2. The molecule has 198 valence electrons. The second-order valence-electron chi connectivity index (χ2n) is 8.52. The molecule has 0 heterocycles. The maximum Gasteiger partial charge on any atom is 0.326 e. The summed E-state index contributed by atoms with van der Waals surface area (Å²) in [6.07, 6.45) is -1.44. The number of benzene rings is 1. The van der Waals surface area contributed by atoms with E-state index in [1.807, 2.05) is 0 Å². The molecule has 0 aromatic heterocycles. The molecule has 1 aromatic carbocycles. The van der Waals surface area contributed by atoms with Crippen molar-refractivity contribution in [3.8, 4) is 0 Å². The fourth-order valence-corrected chi connectivity index (χ4v) is 3.17. The highest BCUT2D eigenvalue weighted by Gasteiger charge is 2.32. The van der Waals surface area contributed by atoms with Gasteiger partial charge in [0.2, 0.25) is 17.7 Å². The van der Waals surface area contributed by atoms with E-state index in [-0.39, 0.29) is 19.3 Å². The third kappa shape index (κ3) is 10.5. The van der Waals surface area contributed by atoms with Crippen molar-refractivity contribution in [2.75, 3.05) is 0 Å². The van der Waals surface area contributed by atoms with Gasteiger partial charge >= 0.3 is 17.9 Å². The number of nitrogens with two attached hydrogens (primary N) is 1. The van der Waals surface area contributed by atoms with Crippen LogP contribution in [-0.2, 0) is 35.2 Å². The zero-order valence-corrected chi connectivity index (χ0v) is 20.0. The van der Waals surface area contributed by atoms with Gasteiger partial charge in [-0.15, -0.1) is 0 Å². The van der Waals surface area contributed by atoms with Gasteiger partial charge < -0.3 is 37.0 Å². The molecular weight excluding hydrogens is 476 g/mol. The first-order chi connectivity index (χ1) is 16.8. The summed E-state index contributed by atoms with van der Waals surface area (Å²) in [4.78, 5) is 71.8. The molecule has 4 unspecified atom stereocenters. The Morgan fingerprint density at radius 1 is 0.806 bits per heavy atom. The molecule has 0 saturated heterocycles. The molecule has 13 heteroatoms. The molecule has 0 spiro atoms. The van der Waals surface area contributed by atoms with E-state index in [1.165, 1.54) is 0 Å². The topological polar surface area (TPSA) is 225 Å². The number of carbonyl (C=O) groups excluding carboxylic acids is 3. The van der Waals surface area contributed by atoms with Gasteiger partial charge in [0.25, 0.3) is 0 Å². The zero-order chi connectivity index (χ0) is 27.4. The van der Waals surface area contributed by atoms with Crippen LogP contribution in [0.3, 0.4) is 0 Å². The van der Waals surface area contributed by atoms with Gasteiger partial charge in [0.05, 0.1) is 12.5 Å². The summed E-state index contributed by atoms with van der Waals surface area (Å²) < 4.78 is 0. The van der Waals surface area contributed by atoms with Crippen molar-refractivity contribution >= 4 is 35.6 Å². The Bertz CT molecular complexity index is 952. The highest BCUT2D eigenvalue weighted by molar-refractivity contribution is 5.95. The second-order valence-corrected chi connectivity index (χ2v) is 8.52. The van der Waals surface area contributed by atoms with Crippen molar-refractivity contribution < 1.29 is 44.1 Å². The molecule has 8 N–H and O–H groups in total. The van der Waals surface area contributed by atoms with Gasteiger partial charge in [0.15, 0.2) is 0 Å². The first kappa shape index (κ1) is 30.0. The molecule has 13 nitrogen and oxygen atoms in total. The molecule has 0 aliphatic heterocycles. The first-order valence-corrected chi connectivity index (χ1v) is 11.2. The highest BCUT2D eigenvalue weighted by Crippen LogP contribution is 2.07. The van der Waals surface area contributed by atoms with Gasteiger partial charge in [0, 0.05) is 12.8 Å². The van der Waals surface area contributed by atoms with Crippen molar-refractivity contribution in [1.29, 1.82) is 0 Å². The van der Waals surface area contributed by atoms with E-state index < -0.39 is 72.1 Å². The van der Waals surface area contributed by atoms with Crippen LogP contribution >= 0.6 is 0 Å². The molecular formula is C23H32N4O9. The Hall–Kier alpha value is -4.00. The Balaban J connectivity index is 3.10. The van der Waals surface area contributed by atoms with E-state index in [0.717, 1.165) is 0 Å². The number of hydrogen-bond donors (Lipinski definition) is 7. The van der Waals surface area contributed by atoms with Crippen LogP contribution < -0.4 is 21.7 Å². The van der Waals surface area contributed by atoms with Crippen LogP contribution in [0.2, 0.25) is 0 Å². The van der Waals surface area contributed by atoms with E-state index in [9.17, 15) is 39.0 Å². The molecule has 1 rings (SSSR count). The van der Waals surface area contributed by atoms with Crippen LogP contribution in [0.4, 0.5) is 0 Å². The average molecular weight is 509 g/mol. The predicted molar refractivity (Wildman–Crippen MR) is 126 cm³/mol. The highest BCUT2D eigenvalue weighted by atomic mass is 16.4. The summed E-state index contributed by atoms with van der Waals surface area (Å²) in [7, 11) is 0. The summed E-state index contributed by atoms with van der Waals surface area (Å²) in [6, 6.07) is 3.01. The molecule has 3 amide bonds. The molecule has 0 radical (unpaired) electrons. The summed E-state index contributed by atoms with van der Waals surface area (Å²) in [6.45, 7) is 3.09. The van der Waals surface area contributed by atoms with Crippen LogP contribution in [-0.4, -0.2) is 75.1 Å². The third-order valence-corrected chi connectivity index (χ3v) is 5.16. The quantitative estimate of drug-likeness (QED) is 0.154. The number of nitrogens with one attached hydrogen (secondary N) is 3. The number of hydrogen-bond acceptors (Lipinski definition) is 7. The number of rotatable bonds is 15. The standard InChI is InChI=1S/C23H32N4O9/c1-12(2)19(23(35)36)27-22(34)16(11-18(30)31)26-21(33)15(10-13-6-4-3-5-7-13)25-20(32)14(24)8-9-17(28)29/h3-7,12,14-16,19H,8-11,24H2,1-2H3,(H,25,32)(H,26,33)(H,27,34)(H,28,29)(H,30,31)(H,35,36). The van der Waals surface area contributed by atoms with Crippen molar-refractivity contribution in [2.45, 2.75) is 63.7 Å². The number of carbonyl (C=O) groups is 6. The summed E-state index contributed by atoms with van der Waals surface area (Å²) in [5.41, 5.74) is 6.36. The zero-order valence-electron chi connectivity index (χ0n) is 20.0. The van der Waals surface area contributed by atoms with E-state index in [0.29, 0.717) is 5.56 Å². The Morgan fingerprint density at radius 3 is 1.86 bits per heavy atom. The van der Waals surface area contributed by atoms with Crippen molar-refractivity contribution in [3.63, 3.8) is 0 Å². The average Bonchev–Trinajstić information content (AvgIpc) is 2.79. The lowest BCUT2D eigenvalue weighted by Gasteiger charge is -2.25. The number of carboxylic acids is 3. The Morgan fingerprint density at radius 2 is 1.36 bits per heavy atom. The Kier molecular flexibility index (Phi) is 12.0. The van der Waals surface area contributed by atoms with Crippen LogP contribution in [0.15, 0.2) is 30.3 Å². The normalized spacial score (nSPS) is 14.1. The molecule has 0 aliphatic carbocycles. The lowest BCUT2D eigenvalue weighted by molar-refractivity contribution is -0.144. The molecule has 0 aliphatic rings. The minimum absolute atomic E-state index is 0.0464. The number of carboxylic acid groups (broad SMARTS) is 3. The van der Waals surface area contributed by atoms with E-state index in [1.54, 1.807) is 44.2 Å². The van der Waals surface area contributed by atoms with Gasteiger partial charge in [-0.3, -0.25) is 24.0 Å². The smallest absolute Gasteiger partial charge is 0.326 e. The lowest BCUT2D eigenvalue weighted by atomic mass is 10.0. The SMILES string of the molecule is CC(C)C(NC(=O)C(CC(=O)O)NC(=O)C(Cc1ccccc1)NC(=O)C(N)CCC(=O)O)C(=O)O. The van der Waals surface area contributed by atoms with Gasteiger partial charge in [-0.25, -0.2) is 4.79 Å². The molecule has 0 bridgehead atoms. The maximum atomic E-state index is 13.1. The molecule has 0 fully saturated rings. The van der Waals surface area contributed by atoms with E-state index in [2.05, 4.69) is 16.0 Å². The summed E-state index contributed by atoms with van der Waals surface area (Å²) in [5.74, 6) is -7.16. The molecule has 4 atom stereocenters. The van der Waals surface area contributed by atoms with Gasteiger partial charge in [-0.1, -0.05) is 44.2 Å². The number of amides is 3. The number of aliphatic carboxylic acids is 3. The Labute approximate surface area is 207 Å². The van der Waals surface area contributed by atoms with Gasteiger partial charge in [-0.05, 0) is 17.9 Å². The second kappa shape index (κ2) is 14.4. The molecule has 0 saturated carbocycles. The lowest BCUT2D eigenvalue weighted by Crippen LogP contribution is -2.58. The van der Waals surface area contributed by atoms with Gasteiger partial charge in [-0.2, -0.15) is 0 Å². The molecule has 36 heavy (non-hydrogen) atoms. The van der Waals surface area contributed by atoms with Crippen LogP contribution in [0, 0.1) is 5.92 Å². The third-order valence-electron chi connectivity index (χ3n) is 5.16. The van der Waals surface area contributed by atoms with Crippen molar-refractivity contribution in [1.82, 2.24) is 16.0 Å². The van der Waals surface area contributed by atoms with E-state index in [4.69, 9.17) is 10.8 Å². The fourth-order valence-electron chi connectivity index (χ4n) is 3.17. The monoisotopic (exact) mass is 508 g/mol. The van der Waals surface area contributed by atoms with Crippen molar-refractivity contribution in [2.24, 2.45) is 11.7 Å². The largest absolute Gasteiger partial charge is 0.481 e. The molecule has 1 aromatic rings. The van der Waals surface area contributed by atoms with Gasteiger partial charge in [0.1, 0.15) is 18.1 Å². The fraction of sp³-hybridized carbons (Fsp3) is 0.478. The maximum absolute atomic E-state index is 13.1. The minimum Gasteiger partial charge on any atom is -0.481 e. The van der Waals surface area contributed by atoms with E-state index >= 15 is 0 Å².